The van der Waals surface area contributed by atoms with Gasteiger partial charge in [-0.3, -0.25) is 4.98 Å². The maximum absolute atomic E-state index is 11.8. The summed E-state index contributed by atoms with van der Waals surface area (Å²) in [5.41, 5.74) is 10.1. The number of fused-ring (bicyclic) bond motifs is 1. The van der Waals surface area contributed by atoms with Crippen LogP contribution in [0.25, 0.3) is 10.9 Å². The molecule has 29 heavy (non-hydrogen) atoms. The molecule has 3 rings (SSSR count). The number of carbonyl (C=O) groups excluding carboxylic acids is 1. The van der Waals surface area contributed by atoms with Gasteiger partial charge in [0, 0.05) is 22.9 Å². The van der Waals surface area contributed by atoms with E-state index in [9.17, 15) is 4.79 Å². The second-order valence-corrected chi connectivity index (χ2v) is 8.69. The van der Waals surface area contributed by atoms with Crippen LogP contribution in [0, 0.1) is 0 Å². The minimum absolute atomic E-state index is 0.416. The van der Waals surface area contributed by atoms with E-state index < -0.39 is 11.7 Å². The molecule has 0 radical (unpaired) electrons. The highest BCUT2D eigenvalue weighted by atomic mass is 79.9. The summed E-state index contributed by atoms with van der Waals surface area (Å²) in [7, 11) is 0. The number of nitrogens with zero attached hydrogens (tertiary/aromatic N) is 1. The number of hydrogen-bond acceptors (Lipinski definition) is 5. The van der Waals surface area contributed by atoms with Crippen LogP contribution in [0.4, 0.5) is 16.2 Å². The van der Waals surface area contributed by atoms with Gasteiger partial charge >= 0.3 is 6.09 Å². The molecule has 0 aliphatic carbocycles. The summed E-state index contributed by atoms with van der Waals surface area (Å²) >= 11 is 3.47. The molecule has 6 nitrogen and oxygen atoms in total. The Morgan fingerprint density at radius 2 is 1.76 bits per heavy atom. The average molecular weight is 457 g/mol. The van der Waals surface area contributed by atoms with Gasteiger partial charge in [-0.15, -0.1) is 0 Å². The largest absolute Gasteiger partial charge is 0.444 e. The number of hydrogen-bond donors (Lipinski definition) is 3. The second kappa shape index (κ2) is 8.69. The highest BCUT2D eigenvalue weighted by molar-refractivity contribution is 9.10. The Bertz CT molecular complexity index is 1010. The lowest BCUT2D eigenvalue weighted by molar-refractivity contribution is 0.0523. The van der Waals surface area contributed by atoms with Gasteiger partial charge in [-0.25, -0.2) is 4.79 Å². The molecule has 1 aromatic heterocycles. The van der Waals surface area contributed by atoms with Crippen molar-refractivity contribution in [2.45, 2.75) is 39.5 Å². The van der Waals surface area contributed by atoms with Crippen molar-refractivity contribution in [1.29, 1.82) is 0 Å². The molecule has 0 aliphatic heterocycles. The van der Waals surface area contributed by atoms with Crippen LogP contribution in [0.15, 0.2) is 53.1 Å². The molecule has 1 heterocycles. The zero-order chi connectivity index (χ0) is 21.0. The third-order valence-electron chi connectivity index (χ3n) is 4.19. The zero-order valence-corrected chi connectivity index (χ0v) is 18.3. The summed E-state index contributed by atoms with van der Waals surface area (Å²) in [6.45, 7) is 6.56. The van der Waals surface area contributed by atoms with Gasteiger partial charge in [-0.2, -0.15) is 0 Å². The summed E-state index contributed by atoms with van der Waals surface area (Å²) in [6, 6.07) is 14.0. The number of carbonyl (C=O) groups is 1. The first-order valence-corrected chi connectivity index (χ1v) is 10.1. The first-order chi connectivity index (χ1) is 13.7. The Labute approximate surface area is 179 Å². The maximum atomic E-state index is 11.8. The quantitative estimate of drug-likeness (QED) is 0.489. The maximum Gasteiger partial charge on any atom is 0.407 e. The van der Waals surface area contributed by atoms with Crippen molar-refractivity contribution >= 4 is 44.3 Å². The molecule has 2 aromatic carbocycles. The van der Waals surface area contributed by atoms with Crippen LogP contribution >= 0.6 is 15.9 Å². The Balaban J connectivity index is 1.62. The van der Waals surface area contributed by atoms with Gasteiger partial charge in [0.15, 0.2) is 0 Å². The van der Waals surface area contributed by atoms with E-state index in [2.05, 4.69) is 31.5 Å². The fourth-order valence-electron chi connectivity index (χ4n) is 2.83. The van der Waals surface area contributed by atoms with Gasteiger partial charge in [-0.05, 0) is 50.1 Å². The molecule has 4 N–H and O–H groups in total. The number of aromatic nitrogens is 1. The van der Waals surface area contributed by atoms with Crippen molar-refractivity contribution in [2.24, 2.45) is 0 Å². The normalized spacial score (nSPS) is 11.3. The second-order valence-electron chi connectivity index (χ2n) is 7.78. The summed E-state index contributed by atoms with van der Waals surface area (Å²) < 4.78 is 6.22. The topological polar surface area (TPSA) is 89.3 Å². The van der Waals surface area contributed by atoms with Crippen LogP contribution in [0.3, 0.4) is 0 Å². The Morgan fingerprint density at radius 1 is 1.10 bits per heavy atom. The number of pyridine rings is 1. The molecular formula is C22H25BrN4O2. The molecule has 7 heteroatoms. The summed E-state index contributed by atoms with van der Waals surface area (Å²) in [5, 5.41) is 7.16. The molecule has 0 atom stereocenters. The minimum Gasteiger partial charge on any atom is -0.444 e. The first-order valence-electron chi connectivity index (χ1n) is 9.33. The van der Waals surface area contributed by atoms with Gasteiger partial charge in [0.1, 0.15) is 5.60 Å². The number of halogens is 1. The fourth-order valence-corrected chi connectivity index (χ4v) is 3.18. The van der Waals surface area contributed by atoms with E-state index in [1.54, 1.807) is 6.20 Å². The number of benzene rings is 2. The van der Waals surface area contributed by atoms with Crippen molar-refractivity contribution in [2.75, 3.05) is 11.1 Å². The predicted octanol–water partition coefficient (Wildman–Crippen LogP) is 5.22. The van der Waals surface area contributed by atoms with Crippen LogP contribution in [0.2, 0.25) is 0 Å². The number of ether oxygens (including phenoxy) is 1. The molecule has 0 aliphatic rings. The Kier molecular flexibility index (Phi) is 6.27. The van der Waals surface area contributed by atoms with E-state index in [0.717, 1.165) is 32.2 Å². The van der Waals surface area contributed by atoms with E-state index in [0.29, 0.717) is 18.8 Å². The molecular weight excluding hydrogens is 432 g/mol. The van der Waals surface area contributed by atoms with Crippen molar-refractivity contribution < 1.29 is 9.53 Å². The third-order valence-corrected chi connectivity index (χ3v) is 4.68. The lowest BCUT2D eigenvalue weighted by Crippen LogP contribution is -2.32. The summed E-state index contributed by atoms with van der Waals surface area (Å²) in [6.07, 6.45) is 1.25. The molecule has 3 aromatic rings. The number of nitrogens with two attached hydrogens (primary N) is 1. The number of rotatable bonds is 5. The van der Waals surface area contributed by atoms with E-state index in [1.165, 1.54) is 0 Å². The summed E-state index contributed by atoms with van der Waals surface area (Å²) in [4.78, 5) is 16.1. The van der Waals surface area contributed by atoms with Crippen molar-refractivity contribution in [3.63, 3.8) is 0 Å². The number of amides is 1. The minimum atomic E-state index is -0.505. The SMILES string of the molecule is CC(C)(C)OC(=O)NCc1ccc(CNc2c(N)cnc3cc(Br)ccc23)cc1. The monoisotopic (exact) mass is 456 g/mol. The highest BCUT2D eigenvalue weighted by Crippen LogP contribution is 2.30. The molecule has 1 amide bonds. The standard InChI is InChI=1S/C22H25BrN4O2/c1-22(2,3)29-21(28)27-12-15-6-4-14(5-7-15)11-26-20-17-9-8-16(23)10-19(17)25-13-18(20)24/h4-10,13H,11-12,24H2,1-3H3,(H,25,26)(H,27,28). The van der Waals surface area contributed by atoms with Gasteiger partial charge in [0.25, 0.3) is 0 Å². The molecule has 152 valence electrons. The number of nitrogens with one attached hydrogen (secondary N) is 2. The van der Waals surface area contributed by atoms with E-state index >= 15 is 0 Å². The van der Waals surface area contributed by atoms with Crippen LogP contribution in [0.5, 0.6) is 0 Å². The number of alkyl carbamates (subject to hydrolysis) is 1. The smallest absolute Gasteiger partial charge is 0.407 e. The Morgan fingerprint density at radius 3 is 2.41 bits per heavy atom. The highest BCUT2D eigenvalue weighted by Gasteiger charge is 2.15. The molecule has 0 unspecified atom stereocenters. The van der Waals surface area contributed by atoms with E-state index in [-0.39, 0.29) is 0 Å². The van der Waals surface area contributed by atoms with Gasteiger partial charge in [-0.1, -0.05) is 40.2 Å². The molecule has 0 fully saturated rings. The van der Waals surface area contributed by atoms with Crippen LogP contribution in [-0.4, -0.2) is 16.7 Å². The van der Waals surface area contributed by atoms with Gasteiger partial charge in [0.2, 0.25) is 0 Å². The third kappa shape index (κ3) is 5.84. The van der Waals surface area contributed by atoms with Crippen molar-refractivity contribution in [3.05, 3.63) is 64.3 Å². The van der Waals surface area contributed by atoms with Crippen LogP contribution < -0.4 is 16.4 Å². The fraction of sp³-hybridized carbons (Fsp3) is 0.273. The lowest BCUT2D eigenvalue weighted by Gasteiger charge is -2.19. The Hall–Kier alpha value is -2.80. The zero-order valence-electron chi connectivity index (χ0n) is 16.8. The van der Waals surface area contributed by atoms with E-state index in [1.807, 2.05) is 63.2 Å². The summed E-state index contributed by atoms with van der Waals surface area (Å²) in [5.74, 6) is 0. The van der Waals surface area contributed by atoms with Crippen LogP contribution in [0.1, 0.15) is 31.9 Å². The van der Waals surface area contributed by atoms with Crippen LogP contribution in [-0.2, 0) is 17.8 Å². The van der Waals surface area contributed by atoms with Gasteiger partial charge in [0.05, 0.1) is 23.1 Å². The van der Waals surface area contributed by atoms with Gasteiger partial charge < -0.3 is 21.1 Å². The molecule has 0 saturated carbocycles. The van der Waals surface area contributed by atoms with Crippen molar-refractivity contribution in [1.82, 2.24) is 10.3 Å². The first kappa shape index (κ1) is 20.9. The number of nitrogen functional groups attached to an aromatic ring is 1. The lowest BCUT2D eigenvalue weighted by atomic mass is 10.1. The van der Waals surface area contributed by atoms with E-state index in [4.69, 9.17) is 10.5 Å². The average Bonchev–Trinajstić information content (AvgIpc) is 2.65. The number of anilines is 2. The van der Waals surface area contributed by atoms with Crippen molar-refractivity contribution in [3.8, 4) is 0 Å². The molecule has 0 saturated heterocycles. The molecule has 0 bridgehead atoms. The molecule has 0 spiro atoms. The predicted molar refractivity (Wildman–Crippen MR) is 121 cm³/mol.